The van der Waals surface area contributed by atoms with Gasteiger partial charge in [-0.3, -0.25) is 0 Å². The van der Waals surface area contributed by atoms with Crippen molar-refractivity contribution in [2.75, 3.05) is 7.11 Å². The average molecular weight is 221 g/mol. The van der Waals surface area contributed by atoms with E-state index in [0.717, 1.165) is 6.07 Å². The van der Waals surface area contributed by atoms with Gasteiger partial charge in [-0.25, -0.2) is 4.98 Å². The zero-order chi connectivity index (χ0) is 11.6. The maximum atomic E-state index is 12.2. The molecule has 1 aromatic heterocycles. The van der Waals surface area contributed by atoms with Gasteiger partial charge in [0.1, 0.15) is 0 Å². The lowest BCUT2D eigenvalue weighted by atomic mass is 10.1. The molecule has 0 saturated heterocycles. The van der Waals surface area contributed by atoms with Crippen LogP contribution in [-0.4, -0.2) is 23.4 Å². The second kappa shape index (κ2) is 4.06. The van der Waals surface area contributed by atoms with Crippen LogP contribution in [0.5, 0.6) is 5.88 Å². The highest BCUT2D eigenvalue weighted by molar-refractivity contribution is 5.27. The fourth-order valence-electron chi connectivity index (χ4n) is 1.12. The highest BCUT2D eigenvalue weighted by Crippen LogP contribution is 2.33. The number of methoxy groups -OCH3 is 1. The second-order valence-electron chi connectivity index (χ2n) is 3.03. The summed E-state index contributed by atoms with van der Waals surface area (Å²) in [4.78, 5) is 3.82. The Balaban J connectivity index is 3.09. The number of rotatable bonds is 2. The van der Waals surface area contributed by atoms with E-state index < -0.39 is 12.3 Å². The second-order valence-corrected chi connectivity index (χ2v) is 3.03. The number of ether oxygens (including phenoxy) is 1. The van der Waals surface area contributed by atoms with Crippen molar-refractivity contribution in [1.82, 2.24) is 4.98 Å². The van der Waals surface area contributed by atoms with Gasteiger partial charge in [-0.15, -0.1) is 0 Å². The van der Waals surface area contributed by atoms with Crippen LogP contribution in [-0.2, 0) is 0 Å². The van der Waals surface area contributed by atoms with Crippen LogP contribution in [0.2, 0.25) is 0 Å². The number of nitrogens with zero attached hydrogens (tertiary/aromatic N) is 1. The van der Waals surface area contributed by atoms with Crippen molar-refractivity contribution >= 4 is 0 Å². The molecule has 0 amide bonds. The first-order valence-corrected chi connectivity index (χ1v) is 4.12. The Morgan fingerprint density at radius 3 is 2.47 bits per heavy atom. The van der Waals surface area contributed by atoms with Crippen molar-refractivity contribution in [3.8, 4) is 5.88 Å². The highest BCUT2D eigenvalue weighted by Gasteiger charge is 2.39. The topological polar surface area (TPSA) is 42.4 Å². The summed E-state index contributed by atoms with van der Waals surface area (Å²) in [6.45, 7) is 1.52. The molecule has 0 aliphatic carbocycles. The number of aromatic nitrogens is 1. The number of aliphatic hydroxyl groups is 1. The van der Waals surface area contributed by atoms with Crippen molar-refractivity contribution in [2.45, 2.75) is 19.2 Å². The number of alkyl halides is 3. The van der Waals surface area contributed by atoms with Crippen molar-refractivity contribution in [2.24, 2.45) is 0 Å². The molecule has 0 fully saturated rings. The highest BCUT2D eigenvalue weighted by atomic mass is 19.4. The number of halogens is 3. The third kappa shape index (κ3) is 2.82. The van der Waals surface area contributed by atoms with Crippen LogP contribution in [0.3, 0.4) is 0 Å². The molecule has 0 aliphatic rings. The molecule has 0 bridgehead atoms. The van der Waals surface area contributed by atoms with Gasteiger partial charge in [-0.2, -0.15) is 13.2 Å². The third-order valence-electron chi connectivity index (χ3n) is 1.79. The summed E-state index contributed by atoms with van der Waals surface area (Å²) in [5, 5.41) is 8.99. The van der Waals surface area contributed by atoms with E-state index in [0.29, 0.717) is 5.69 Å². The molecule has 6 heteroatoms. The number of hydrogen-bond donors (Lipinski definition) is 1. The molecule has 84 valence electrons. The van der Waals surface area contributed by atoms with Crippen LogP contribution in [0.25, 0.3) is 0 Å². The fraction of sp³-hybridized carbons (Fsp3) is 0.444. The van der Waals surface area contributed by atoms with E-state index in [-0.39, 0.29) is 11.4 Å². The first-order valence-electron chi connectivity index (χ1n) is 4.12. The molecule has 1 aromatic rings. The zero-order valence-corrected chi connectivity index (χ0v) is 8.17. The molecule has 1 heterocycles. The van der Waals surface area contributed by atoms with E-state index in [2.05, 4.69) is 4.98 Å². The molecule has 1 atom stereocenters. The lowest BCUT2D eigenvalue weighted by Gasteiger charge is -2.15. The van der Waals surface area contributed by atoms with Crippen molar-refractivity contribution in [3.63, 3.8) is 0 Å². The Morgan fingerprint density at radius 1 is 1.40 bits per heavy atom. The number of hydrogen-bond acceptors (Lipinski definition) is 3. The van der Waals surface area contributed by atoms with E-state index >= 15 is 0 Å². The zero-order valence-electron chi connectivity index (χ0n) is 8.17. The van der Waals surface area contributed by atoms with Crippen LogP contribution in [0.1, 0.15) is 17.4 Å². The molecular formula is C9H10F3NO2. The Kier molecular flexibility index (Phi) is 3.18. The first kappa shape index (κ1) is 11.8. The monoisotopic (exact) mass is 221 g/mol. The first-order chi connectivity index (χ1) is 6.84. The Labute approximate surface area is 84.5 Å². The number of aryl methyl sites for hydroxylation is 1. The largest absolute Gasteiger partial charge is 0.481 e. The van der Waals surface area contributed by atoms with Gasteiger partial charge in [0, 0.05) is 11.8 Å². The molecule has 15 heavy (non-hydrogen) atoms. The quantitative estimate of drug-likeness (QED) is 0.830. The fourth-order valence-corrected chi connectivity index (χ4v) is 1.12. The summed E-state index contributed by atoms with van der Waals surface area (Å²) in [7, 11) is 1.30. The van der Waals surface area contributed by atoms with Gasteiger partial charge in [0.2, 0.25) is 5.88 Å². The molecule has 0 radical (unpaired) electrons. The molecular weight excluding hydrogens is 211 g/mol. The van der Waals surface area contributed by atoms with Crippen molar-refractivity contribution in [3.05, 3.63) is 23.4 Å². The van der Waals surface area contributed by atoms with Crippen LogP contribution in [0.15, 0.2) is 12.1 Å². The van der Waals surface area contributed by atoms with Gasteiger partial charge in [-0.1, -0.05) is 0 Å². The van der Waals surface area contributed by atoms with Gasteiger partial charge in [0.25, 0.3) is 0 Å². The number of aliphatic hydroxyl groups excluding tert-OH is 1. The Bertz CT molecular complexity index is 352. The molecule has 0 aliphatic heterocycles. The van der Waals surface area contributed by atoms with Crippen molar-refractivity contribution in [1.29, 1.82) is 0 Å². The normalized spacial score (nSPS) is 13.7. The summed E-state index contributed by atoms with van der Waals surface area (Å²) in [5.41, 5.74) is 0.0829. The molecule has 0 spiro atoms. The van der Waals surface area contributed by atoms with Gasteiger partial charge >= 0.3 is 6.18 Å². The molecule has 1 N–H and O–H groups in total. The standard InChI is InChI=1S/C9H10F3NO2/c1-5-3-6(4-7(13-5)15-2)8(14)9(10,11)12/h3-4,8,14H,1-2H3/t8-/m0/s1. The SMILES string of the molecule is COc1cc([C@H](O)C(F)(F)F)cc(C)n1. The van der Waals surface area contributed by atoms with Crippen LogP contribution in [0.4, 0.5) is 13.2 Å². The summed E-state index contributed by atoms with van der Waals surface area (Å²) in [6, 6.07) is 2.23. The average Bonchev–Trinajstić information content (AvgIpc) is 2.14. The van der Waals surface area contributed by atoms with Crippen molar-refractivity contribution < 1.29 is 23.0 Å². The van der Waals surface area contributed by atoms with Gasteiger partial charge < -0.3 is 9.84 Å². The maximum Gasteiger partial charge on any atom is 0.418 e. The maximum absolute atomic E-state index is 12.2. The number of pyridine rings is 1. The molecule has 0 aromatic carbocycles. The Morgan fingerprint density at radius 2 is 2.00 bits per heavy atom. The van der Waals surface area contributed by atoms with E-state index in [4.69, 9.17) is 9.84 Å². The van der Waals surface area contributed by atoms with Crippen LogP contribution >= 0.6 is 0 Å². The summed E-state index contributed by atoms with van der Waals surface area (Å²) in [6.07, 6.45) is -7.19. The lowest BCUT2D eigenvalue weighted by molar-refractivity contribution is -0.206. The molecule has 1 rings (SSSR count). The minimum absolute atomic E-state index is 0.0494. The molecule has 0 saturated carbocycles. The van der Waals surface area contributed by atoms with E-state index in [9.17, 15) is 13.2 Å². The van der Waals surface area contributed by atoms with E-state index in [1.165, 1.54) is 20.1 Å². The summed E-state index contributed by atoms with van der Waals surface area (Å²) in [5.74, 6) is 0.0494. The van der Waals surface area contributed by atoms with Crippen LogP contribution in [0, 0.1) is 6.92 Å². The molecule has 0 unspecified atom stereocenters. The predicted molar refractivity (Wildman–Crippen MR) is 46.5 cm³/mol. The van der Waals surface area contributed by atoms with Gasteiger partial charge in [0.05, 0.1) is 7.11 Å². The summed E-state index contributed by atoms with van der Waals surface area (Å²) >= 11 is 0. The van der Waals surface area contributed by atoms with Gasteiger partial charge in [0.15, 0.2) is 6.10 Å². The third-order valence-corrected chi connectivity index (χ3v) is 1.79. The minimum atomic E-state index is -4.68. The predicted octanol–water partition coefficient (Wildman–Crippen LogP) is 1.99. The van der Waals surface area contributed by atoms with Crippen LogP contribution < -0.4 is 4.74 Å². The summed E-state index contributed by atoms with van der Waals surface area (Å²) < 4.78 is 41.3. The minimum Gasteiger partial charge on any atom is -0.481 e. The lowest BCUT2D eigenvalue weighted by Crippen LogP contribution is -2.20. The Hall–Kier alpha value is -1.30. The van der Waals surface area contributed by atoms with E-state index in [1.54, 1.807) is 0 Å². The van der Waals surface area contributed by atoms with Gasteiger partial charge in [-0.05, 0) is 18.6 Å². The van der Waals surface area contributed by atoms with E-state index in [1.807, 2.05) is 0 Å². The molecule has 3 nitrogen and oxygen atoms in total. The smallest absolute Gasteiger partial charge is 0.418 e.